The van der Waals surface area contributed by atoms with E-state index in [0.29, 0.717) is 5.57 Å². The summed E-state index contributed by atoms with van der Waals surface area (Å²) < 4.78 is 11.2. The molecule has 0 radical (unpaired) electrons. The van der Waals surface area contributed by atoms with E-state index in [1.54, 1.807) is 7.11 Å². The first-order chi connectivity index (χ1) is 13.1. The molecule has 0 aliphatic carbocycles. The predicted molar refractivity (Wildman–Crippen MR) is 107 cm³/mol. The fraction of sp³-hybridized carbons (Fsp3) is 0.0870. The standard InChI is InChI=1S/C23H19NO3/c1-15-12-21-19(14-22(15)26-2)20(23(25)24-21)13-16-8-10-18(11-9-16)27-17-6-4-3-5-7-17/h3-14H,1-2H3,(H,24,25)/b20-13-. The normalized spacial score (nSPS) is 14.0. The summed E-state index contributed by atoms with van der Waals surface area (Å²) in [6.07, 6.45) is 1.88. The molecule has 0 unspecified atom stereocenters. The van der Waals surface area contributed by atoms with Crippen molar-refractivity contribution in [2.24, 2.45) is 0 Å². The van der Waals surface area contributed by atoms with Crippen LogP contribution < -0.4 is 14.8 Å². The van der Waals surface area contributed by atoms with Gasteiger partial charge in [0.2, 0.25) is 0 Å². The van der Waals surface area contributed by atoms with Crippen molar-refractivity contribution in [1.29, 1.82) is 0 Å². The van der Waals surface area contributed by atoms with Gasteiger partial charge in [-0.05, 0) is 60.5 Å². The van der Waals surface area contributed by atoms with Crippen molar-refractivity contribution in [1.82, 2.24) is 0 Å². The summed E-state index contributed by atoms with van der Waals surface area (Å²) in [5.74, 6) is 2.19. The molecular formula is C23H19NO3. The summed E-state index contributed by atoms with van der Waals surface area (Å²) >= 11 is 0. The van der Waals surface area contributed by atoms with Crippen molar-refractivity contribution in [2.45, 2.75) is 6.92 Å². The lowest BCUT2D eigenvalue weighted by Crippen LogP contribution is -2.03. The first-order valence-electron chi connectivity index (χ1n) is 8.69. The van der Waals surface area contributed by atoms with Crippen LogP contribution in [0.2, 0.25) is 0 Å². The Balaban J connectivity index is 1.62. The molecule has 1 heterocycles. The van der Waals surface area contributed by atoms with Gasteiger partial charge in [-0.1, -0.05) is 30.3 Å². The molecule has 3 aromatic carbocycles. The number of benzene rings is 3. The minimum absolute atomic E-state index is 0.109. The van der Waals surface area contributed by atoms with Gasteiger partial charge in [0.05, 0.1) is 7.11 Å². The monoisotopic (exact) mass is 357 g/mol. The first-order valence-corrected chi connectivity index (χ1v) is 8.69. The number of rotatable bonds is 4. The van der Waals surface area contributed by atoms with Crippen molar-refractivity contribution in [3.05, 3.63) is 83.4 Å². The number of anilines is 1. The average molecular weight is 357 g/mol. The summed E-state index contributed by atoms with van der Waals surface area (Å²) in [6, 6.07) is 21.1. The first kappa shape index (κ1) is 16.9. The fourth-order valence-corrected chi connectivity index (χ4v) is 3.11. The van der Waals surface area contributed by atoms with Crippen molar-refractivity contribution in [3.63, 3.8) is 0 Å². The number of methoxy groups -OCH3 is 1. The van der Waals surface area contributed by atoms with Gasteiger partial charge < -0.3 is 14.8 Å². The topological polar surface area (TPSA) is 47.6 Å². The van der Waals surface area contributed by atoms with Gasteiger partial charge in [-0.25, -0.2) is 0 Å². The molecule has 0 saturated heterocycles. The highest BCUT2D eigenvalue weighted by molar-refractivity contribution is 6.35. The van der Waals surface area contributed by atoms with E-state index >= 15 is 0 Å². The van der Waals surface area contributed by atoms with Crippen molar-refractivity contribution in [2.75, 3.05) is 12.4 Å². The van der Waals surface area contributed by atoms with Gasteiger partial charge in [0.1, 0.15) is 17.2 Å². The Bertz CT molecular complexity index is 1020. The van der Waals surface area contributed by atoms with Crippen LogP contribution in [0.4, 0.5) is 5.69 Å². The number of amides is 1. The van der Waals surface area contributed by atoms with E-state index < -0.39 is 0 Å². The lowest BCUT2D eigenvalue weighted by Gasteiger charge is -2.08. The highest BCUT2D eigenvalue weighted by Gasteiger charge is 2.25. The van der Waals surface area contributed by atoms with Gasteiger partial charge >= 0.3 is 0 Å². The van der Waals surface area contributed by atoms with Gasteiger partial charge in [-0.2, -0.15) is 0 Å². The lowest BCUT2D eigenvalue weighted by molar-refractivity contribution is -0.110. The van der Waals surface area contributed by atoms with E-state index in [4.69, 9.17) is 9.47 Å². The quantitative estimate of drug-likeness (QED) is 0.646. The molecule has 0 bridgehead atoms. The van der Waals surface area contributed by atoms with Crippen LogP contribution >= 0.6 is 0 Å². The Hall–Kier alpha value is -3.53. The highest BCUT2D eigenvalue weighted by Crippen LogP contribution is 2.37. The van der Waals surface area contributed by atoms with E-state index in [-0.39, 0.29) is 5.91 Å². The zero-order valence-corrected chi connectivity index (χ0v) is 15.2. The molecule has 4 heteroatoms. The highest BCUT2D eigenvalue weighted by atomic mass is 16.5. The molecule has 1 aliphatic rings. The van der Waals surface area contributed by atoms with Crippen LogP contribution in [0.5, 0.6) is 17.2 Å². The van der Waals surface area contributed by atoms with Crippen LogP contribution in [0.3, 0.4) is 0 Å². The molecule has 3 aromatic rings. The minimum atomic E-state index is -0.109. The second-order valence-electron chi connectivity index (χ2n) is 6.36. The zero-order valence-electron chi connectivity index (χ0n) is 15.2. The maximum absolute atomic E-state index is 12.4. The molecule has 0 spiro atoms. The Morgan fingerprint density at radius 3 is 2.33 bits per heavy atom. The van der Waals surface area contributed by atoms with E-state index in [0.717, 1.165) is 39.6 Å². The van der Waals surface area contributed by atoms with Gasteiger partial charge in [0, 0.05) is 16.8 Å². The summed E-state index contributed by atoms with van der Waals surface area (Å²) in [6.45, 7) is 1.96. The predicted octanol–water partition coefficient (Wildman–Crippen LogP) is 5.29. The van der Waals surface area contributed by atoms with Crippen LogP contribution in [0.15, 0.2) is 66.7 Å². The number of carbonyl (C=O) groups excluding carboxylic acids is 1. The van der Waals surface area contributed by atoms with E-state index in [9.17, 15) is 4.79 Å². The second-order valence-corrected chi connectivity index (χ2v) is 6.36. The summed E-state index contributed by atoms with van der Waals surface area (Å²) in [7, 11) is 1.63. The number of ether oxygens (including phenoxy) is 2. The maximum Gasteiger partial charge on any atom is 0.256 e. The second kappa shape index (κ2) is 7.00. The van der Waals surface area contributed by atoms with Gasteiger partial charge in [0.25, 0.3) is 5.91 Å². The molecule has 4 rings (SSSR count). The van der Waals surface area contributed by atoms with Crippen LogP contribution in [0, 0.1) is 6.92 Å². The number of nitrogens with one attached hydrogen (secondary N) is 1. The van der Waals surface area contributed by atoms with Gasteiger partial charge in [-0.3, -0.25) is 4.79 Å². The Labute approximate surface area is 158 Å². The zero-order chi connectivity index (χ0) is 18.8. The number of hydrogen-bond acceptors (Lipinski definition) is 3. The number of carbonyl (C=O) groups is 1. The van der Waals surface area contributed by atoms with Crippen LogP contribution in [-0.4, -0.2) is 13.0 Å². The molecule has 1 N–H and O–H groups in total. The Kier molecular flexibility index (Phi) is 4.38. The van der Waals surface area contributed by atoms with Gasteiger partial charge in [-0.15, -0.1) is 0 Å². The SMILES string of the molecule is COc1cc2c(cc1C)NC(=O)/C2=C\c1ccc(Oc2ccccc2)cc1. The Morgan fingerprint density at radius 1 is 0.926 bits per heavy atom. The van der Waals surface area contributed by atoms with Crippen LogP contribution in [0.1, 0.15) is 16.7 Å². The molecule has 27 heavy (non-hydrogen) atoms. The molecule has 0 fully saturated rings. The number of fused-ring (bicyclic) bond motifs is 1. The molecule has 134 valence electrons. The van der Waals surface area contributed by atoms with Crippen molar-refractivity contribution in [3.8, 4) is 17.2 Å². The number of para-hydroxylation sites is 1. The molecule has 1 amide bonds. The summed E-state index contributed by atoms with van der Waals surface area (Å²) in [5.41, 5.74) is 4.20. The molecule has 4 nitrogen and oxygen atoms in total. The molecule has 0 atom stereocenters. The van der Waals surface area contributed by atoms with Crippen LogP contribution in [0.25, 0.3) is 11.6 Å². The third-order valence-corrected chi connectivity index (χ3v) is 4.49. The average Bonchev–Trinajstić information content (AvgIpc) is 2.97. The van der Waals surface area contributed by atoms with E-state index in [1.165, 1.54) is 0 Å². The van der Waals surface area contributed by atoms with Crippen molar-refractivity contribution >= 4 is 23.2 Å². The molecule has 0 aromatic heterocycles. The Morgan fingerprint density at radius 2 is 1.63 bits per heavy atom. The lowest BCUT2D eigenvalue weighted by atomic mass is 10.0. The number of aryl methyl sites for hydroxylation is 1. The molecule has 0 saturated carbocycles. The van der Waals surface area contributed by atoms with Crippen LogP contribution in [-0.2, 0) is 4.79 Å². The van der Waals surface area contributed by atoms with E-state index in [2.05, 4.69) is 5.32 Å². The minimum Gasteiger partial charge on any atom is -0.496 e. The third-order valence-electron chi connectivity index (χ3n) is 4.49. The maximum atomic E-state index is 12.4. The smallest absolute Gasteiger partial charge is 0.256 e. The number of hydrogen-bond donors (Lipinski definition) is 1. The largest absolute Gasteiger partial charge is 0.496 e. The van der Waals surface area contributed by atoms with E-state index in [1.807, 2.05) is 79.7 Å². The van der Waals surface area contributed by atoms with Gasteiger partial charge in [0.15, 0.2) is 0 Å². The third kappa shape index (κ3) is 3.42. The van der Waals surface area contributed by atoms with Crippen molar-refractivity contribution < 1.29 is 14.3 Å². The molecule has 1 aliphatic heterocycles. The summed E-state index contributed by atoms with van der Waals surface area (Å²) in [5, 5.41) is 2.92. The molecular weight excluding hydrogens is 338 g/mol. The summed E-state index contributed by atoms with van der Waals surface area (Å²) in [4.78, 5) is 12.4. The fourth-order valence-electron chi connectivity index (χ4n) is 3.11.